The van der Waals surface area contributed by atoms with Crippen LogP contribution in [0.1, 0.15) is 16.8 Å². The molecule has 0 fully saturated rings. The molecule has 0 aliphatic carbocycles. The summed E-state index contributed by atoms with van der Waals surface area (Å²) < 4.78 is 39.3. The van der Waals surface area contributed by atoms with Crippen molar-refractivity contribution >= 4 is 11.6 Å². The number of rotatable bonds is 3. The highest BCUT2D eigenvalue weighted by molar-refractivity contribution is 6.16. The van der Waals surface area contributed by atoms with Crippen molar-refractivity contribution in [3.63, 3.8) is 0 Å². The SMILES string of the molecule is FC(F)(F)c1cccc(Cn2cnc(CCl)c2)c1. The Labute approximate surface area is 107 Å². The maximum absolute atomic E-state index is 12.5. The molecule has 2 aromatic rings. The normalized spacial score (nSPS) is 11.8. The minimum absolute atomic E-state index is 0.287. The Bertz CT molecular complexity index is 534. The second-order valence-electron chi connectivity index (χ2n) is 3.87. The van der Waals surface area contributed by atoms with Gasteiger partial charge in [-0.1, -0.05) is 12.1 Å². The fourth-order valence-corrected chi connectivity index (χ4v) is 1.76. The molecule has 0 bridgehead atoms. The smallest absolute Gasteiger partial charge is 0.333 e. The van der Waals surface area contributed by atoms with E-state index < -0.39 is 11.7 Å². The molecule has 0 amide bonds. The van der Waals surface area contributed by atoms with Gasteiger partial charge in [-0.2, -0.15) is 13.2 Å². The van der Waals surface area contributed by atoms with E-state index in [9.17, 15) is 13.2 Å². The Kier molecular flexibility index (Phi) is 3.61. The number of nitrogens with zero attached hydrogens (tertiary/aromatic N) is 2. The van der Waals surface area contributed by atoms with Gasteiger partial charge in [-0.25, -0.2) is 4.98 Å². The molecule has 2 rings (SSSR count). The first kappa shape index (κ1) is 13.0. The highest BCUT2D eigenvalue weighted by atomic mass is 35.5. The Morgan fingerprint density at radius 3 is 2.67 bits per heavy atom. The number of benzene rings is 1. The zero-order valence-electron chi connectivity index (χ0n) is 9.28. The molecule has 0 N–H and O–H groups in total. The van der Waals surface area contributed by atoms with Gasteiger partial charge in [-0.3, -0.25) is 0 Å². The summed E-state index contributed by atoms with van der Waals surface area (Å²) in [6.45, 7) is 0.341. The molecular weight excluding hydrogens is 265 g/mol. The first-order chi connectivity index (χ1) is 8.49. The van der Waals surface area contributed by atoms with Crippen LogP contribution in [0.25, 0.3) is 0 Å². The van der Waals surface area contributed by atoms with E-state index in [0.717, 1.165) is 12.1 Å². The maximum Gasteiger partial charge on any atom is 0.416 e. The Hall–Kier alpha value is -1.49. The predicted octanol–water partition coefficient (Wildman–Crippen LogP) is 3.69. The standard InChI is InChI=1S/C12H10ClF3N2/c13-5-11-7-18(8-17-11)6-9-2-1-3-10(4-9)12(14,15)16/h1-4,7-8H,5-6H2. The summed E-state index contributed by atoms with van der Waals surface area (Å²) in [7, 11) is 0. The van der Waals surface area contributed by atoms with Crippen LogP contribution in [0.5, 0.6) is 0 Å². The summed E-state index contributed by atoms with van der Waals surface area (Å²) in [5, 5.41) is 0. The zero-order valence-corrected chi connectivity index (χ0v) is 10.0. The van der Waals surface area contributed by atoms with Crippen LogP contribution in [0.2, 0.25) is 0 Å². The summed E-state index contributed by atoms with van der Waals surface area (Å²) in [6.07, 6.45) is -1.04. The molecule has 2 nitrogen and oxygen atoms in total. The lowest BCUT2D eigenvalue weighted by Gasteiger charge is -2.08. The summed E-state index contributed by atoms with van der Waals surface area (Å²) in [4.78, 5) is 4.01. The lowest BCUT2D eigenvalue weighted by atomic mass is 10.1. The molecule has 1 heterocycles. The predicted molar refractivity (Wildman–Crippen MR) is 62.3 cm³/mol. The van der Waals surface area contributed by atoms with E-state index >= 15 is 0 Å². The number of hydrogen-bond donors (Lipinski definition) is 0. The second-order valence-corrected chi connectivity index (χ2v) is 4.14. The van der Waals surface area contributed by atoms with Gasteiger partial charge in [-0.15, -0.1) is 11.6 Å². The number of alkyl halides is 4. The van der Waals surface area contributed by atoms with Crippen molar-refractivity contribution in [2.24, 2.45) is 0 Å². The third-order valence-electron chi connectivity index (χ3n) is 2.44. The van der Waals surface area contributed by atoms with Crippen molar-refractivity contribution in [3.8, 4) is 0 Å². The van der Waals surface area contributed by atoms with E-state index in [1.165, 1.54) is 6.07 Å². The Morgan fingerprint density at radius 1 is 1.28 bits per heavy atom. The van der Waals surface area contributed by atoms with Gasteiger partial charge in [0.25, 0.3) is 0 Å². The average Bonchev–Trinajstić information content (AvgIpc) is 2.76. The number of halogens is 4. The van der Waals surface area contributed by atoms with E-state index in [1.807, 2.05) is 0 Å². The van der Waals surface area contributed by atoms with Crippen LogP contribution in [-0.4, -0.2) is 9.55 Å². The van der Waals surface area contributed by atoms with E-state index in [-0.39, 0.29) is 5.88 Å². The van der Waals surface area contributed by atoms with E-state index in [0.29, 0.717) is 17.8 Å². The fraction of sp³-hybridized carbons (Fsp3) is 0.250. The van der Waals surface area contributed by atoms with Gasteiger partial charge in [0.2, 0.25) is 0 Å². The van der Waals surface area contributed by atoms with Gasteiger partial charge in [-0.05, 0) is 17.7 Å². The van der Waals surface area contributed by atoms with Crippen LogP contribution < -0.4 is 0 Å². The average molecular weight is 275 g/mol. The molecule has 1 aromatic carbocycles. The molecule has 0 spiro atoms. The molecule has 6 heteroatoms. The molecule has 0 saturated carbocycles. The van der Waals surface area contributed by atoms with Gasteiger partial charge >= 0.3 is 6.18 Å². The van der Waals surface area contributed by atoms with Crippen LogP contribution in [-0.2, 0) is 18.6 Å². The van der Waals surface area contributed by atoms with E-state index in [1.54, 1.807) is 23.2 Å². The van der Waals surface area contributed by atoms with Gasteiger partial charge < -0.3 is 4.57 Å². The maximum atomic E-state index is 12.5. The van der Waals surface area contributed by atoms with E-state index in [2.05, 4.69) is 4.98 Å². The van der Waals surface area contributed by atoms with Crippen LogP contribution >= 0.6 is 11.6 Å². The molecular formula is C12H10ClF3N2. The molecule has 0 aliphatic rings. The minimum Gasteiger partial charge on any atom is -0.333 e. The van der Waals surface area contributed by atoms with Gasteiger partial charge in [0.1, 0.15) is 0 Å². The lowest BCUT2D eigenvalue weighted by Crippen LogP contribution is -2.06. The second kappa shape index (κ2) is 5.02. The van der Waals surface area contributed by atoms with Crippen molar-refractivity contribution in [3.05, 3.63) is 53.6 Å². The van der Waals surface area contributed by atoms with E-state index in [4.69, 9.17) is 11.6 Å². The van der Waals surface area contributed by atoms with Crippen molar-refractivity contribution in [1.82, 2.24) is 9.55 Å². The highest BCUT2D eigenvalue weighted by Crippen LogP contribution is 2.29. The third kappa shape index (κ3) is 3.04. The molecule has 0 radical (unpaired) electrons. The van der Waals surface area contributed by atoms with Gasteiger partial charge in [0, 0.05) is 12.7 Å². The molecule has 96 valence electrons. The molecule has 18 heavy (non-hydrogen) atoms. The quantitative estimate of drug-likeness (QED) is 0.781. The largest absolute Gasteiger partial charge is 0.416 e. The molecule has 0 atom stereocenters. The number of hydrogen-bond acceptors (Lipinski definition) is 1. The molecule has 1 aromatic heterocycles. The van der Waals surface area contributed by atoms with Gasteiger partial charge in [0.15, 0.2) is 0 Å². The number of imidazole rings is 1. The van der Waals surface area contributed by atoms with Crippen LogP contribution in [0.15, 0.2) is 36.8 Å². The van der Waals surface area contributed by atoms with Crippen molar-refractivity contribution < 1.29 is 13.2 Å². The minimum atomic E-state index is -4.31. The van der Waals surface area contributed by atoms with Crippen LogP contribution in [0, 0.1) is 0 Å². The monoisotopic (exact) mass is 274 g/mol. The Balaban J connectivity index is 2.19. The molecule has 0 saturated heterocycles. The zero-order chi connectivity index (χ0) is 13.2. The van der Waals surface area contributed by atoms with Crippen molar-refractivity contribution in [2.45, 2.75) is 18.6 Å². The van der Waals surface area contributed by atoms with Crippen molar-refractivity contribution in [2.75, 3.05) is 0 Å². The number of aromatic nitrogens is 2. The molecule has 0 aliphatic heterocycles. The van der Waals surface area contributed by atoms with Crippen LogP contribution in [0.4, 0.5) is 13.2 Å². The fourth-order valence-electron chi connectivity index (χ4n) is 1.62. The summed E-state index contributed by atoms with van der Waals surface area (Å²) >= 11 is 5.60. The van der Waals surface area contributed by atoms with Gasteiger partial charge in [0.05, 0.1) is 23.5 Å². The first-order valence-corrected chi connectivity index (χ1v) is 5.75. The molecule has 0 unspecified atom stereocenters. The summed E-state index contributed by atoms with van der Waals surface area (Å²) in [5.41, 5.74) is 0.629. The lowest BCUT2D eigenvalue weighted by molar-refractivity contribution is -0.137. The first-order valence-electron chi connectivity index (χ1n) is 5.22. The summed E-state index contributed by atoms with van der Waals surface area (Å²) in [6, 6.07) is 5.25. The van der Waals surface area contributed by atoms with Crippen LogP contribution in [0.3, 0.4) is 0 Å². The van der Waals surface area contributed by atoms with Crippen molar-refractivity contribution in [1.29, 1.82) is 0 Å². The third-order valence-corrected chi connectivity index (χ3v) is 2.72. The summed E-state index contributed by atoms with van der Waals surface area (Å²) in [5.74, 6) is 0.287. The Morgan fingerprint density at radius 2 is 2.06 bits per heavy atom. The topological polar surface area (TPSA) is 17.8 Å². The highest BCUT2D eigenvalue weighted by Gasteiger charge is 2.30.